The summed E-state index contributed by atoms with van der Waals surface area (Å²) in [5, 5.41) is 0. The molecule has 0 saturated heterocycles. The lowest BCUT2D eigenvalue weighted by atomic mass is 9.51. The molecule has 0 heterocycles. The van der Waals surface area contributed by atoms with Crippen molar-refractivity contribution in [2.75, 3.05) is 0 Å². The fraction of sp³-hybridized carbons (Fsp3) is 0.600. The number of carbonyl (C=O) groups excluding carboxylic acids is 2. The Labute approximate surface area is 246 Å². The number of nitrogens with two attached hydrogens (primary N) is 2. The van der Waals surface area contributed by atoms with Crippen LogP contribution in [0.15, 0.2) is 48.5 Å². The predicted octanol–water partition coefficient (Wildman–Crippen LogP) is 7.97. The lowest BCUT2D eigenvalue weighted by Crippen LogP contribution is -2.49. The lowest BCUT2D eigenvalue weighted by Gasteiger charge is -2.53. The molecular weight excluding hydrogens is 512 g/mol. The van der Waals surface area contributed by atoms with Gasteiger partial charge in [-0.05, 0) is 111 Å². The summed E-state index contributed by atoms with van der Waals surface area (Å²) < 4.78 is 11.0. The van der Waals surface area contributed by atoms with Gasteiger partial charge in [-0.3, -0.25) is 0 Å². The van der Waals surface area contributed by atoms with E-state index in [2.05, 4.69) is 62.4 Å². The summed E-state index contributed by atoms with van der Waals surface area (Å²) in [5.41, 5.74) is 16.5. The van der Waals surface area contributed by atoms with Gasteiger partial charge in [0.25, 0.3) is 0 Å². The van der Waals surface area contributed by atoms with Gasteiger partial charge < -0.3 is 20.9 Å². The Hall–Kier alpha value is -3.02. The second kappa shape index (κ2) is 14.7. The van der Waals surface area contributed by atoms with E-state index < -0.39 is 12.2 Å². The molecule has 41 heavy (non-hydrogen) atoms. The molecule has 2 aromatic rings. The SMILES string of the molecule is CCCCc1ccccc1C(c1ccccc1CCCC)(C1CCC(OC(N)=O)CC1)C1CCC(OC(N)=O)CC1. The molecule has 2 amide bonds. The van der Waals surface area contributed by atoms with Crippen molar-refractivity contribution in [3.63, 3.8) is 0 Å². The van der Waals surface area contributed by atoms with Crippen LogP contribution in [0.3, 0.4) is 0 Å². The van der Waals surface area contributed by atoms with Crippen molar-refractivity contribution in [1.82, 2.24) is 0 Å². The van der Waals surface area contributed by atoms with Crippen LogP contribution in [-0.4, -0.2) is 24.4 Å². The zero-order valence-electron chi connectivity index (χ0n) is 25.1. The maximum absolute atomic E-state index is 11.6. The highest BCUT2D eigenvalue weighted by atomic mass is 16.6. The molecular formula is C35H50N2O4. The topological polar surface area (TPSA) is 105 Å². The average molecular weight is 563 g/mol. The Balaban J connectivity index is 1.88. The maximum Gasteiger partial charge on any atom is 0.404 e. The average Bonchev–Trinajstić information content (AvgIpc) is 2.97. The maximum atomic E-state index is 11.6. The van der Waals surface area contributed by atoms with Gasteiger partial charge in [0.1, 0.15) is 12.2 Å². The molecule has 0 aromatic heterocycles. The Morgan fingerprint density at radius 1 is 0.659 bits per heavy atom. The molecule has 0 unspecified atom stereocenters. The van der Waals surface area contributed by atoms with Crippen LogP contribution in [0, 0.1) is 11.8 Å². The molecule has 0 radical (unpaired) electrons. The van der Waals surface area contributed by atoms with E-state index in [1.54, 1.807) is 0 Å². The van der Waals surface area contributed by atoms with Gasteiger partial charge >= 0.3 is 12.2 Å². The lowest BCUT2D eigenvalue weighted by molar-refractivity contribution is 0.0275. The Morgan fingerprint density at radius 3 is 1.37 bits per heavy atom. The molecule has 224 valence electrons. The van der Waals surface area contributed by atoms with Crippen LogP contribution in [-0.2, 0) is 27.7 Å². The summed E-state index contributed by atoms with van der Waals surface area (Å²) in [6, 6.07) is 18.3. The van der Waals surface area contributed by atoms with Crippen molar-refractivity contribution in [3.05, 3.63) is 70.8 Å². The number of hydrogen-bond donors (Lipinski definition) is 2. The first-order valence-corrected chi connectivity index (χ1v) is 16.0. The first-order valence-electron chi connectivity index (χ1n) is 16.0. The van der Waals surface area contributed by atoms with Crippen LogP contribution in [0.1, 0.15) is 113 Å². The molecule has 0 aliphatic heterocycles. The molecule has 4 N–H and O–H groups in total. The fourth-order valence-electron chi connectivity index (χ4n) is 7.98. The number of hydrogen-bond acceptors (Lipinski definition) is 4. The van der Waals surface area contributed by atoms with E-state index in [-0.39, 0.29) is 17.6 Å². The molecule has 2 saturated carbocycles. The molecule has 6 nitrogen and oxygen atoms in total. The second-order valence-electron chi connectivity index (χ2n) is 12.2. The van der Waals surface area contributed by atoms with Crippen LogP contribution in [0.4, 0.5) is 9.59 Å². The summed E-state index contributed by atoms with van der Waals surface area (Å²) >= 11 is 0. The number of unbranched alkanes of at least 4 members (excludes halogenated alkanes) is 2. The van der Waals surface area contributed by atoms with Gasteiger partial charge in [0, 0.05) is 5.41 Å². The Morgan fingerprint density at radius 2 is 1.02 bits per heavy atom. The normalized spacial score (nSPS) is 23.1. The van der Waals surface area contributed by atoms with Gasteiger partial charge in [0.2, 0.25) is 0 Å². The highest BCUT2D eigenvalue weighted by Gasteiger charge is 2.51. The van der Waals surface area contributed by atoms with Gasteiger partial charge in [-0.1, -0.05) is 75.2 Å². The second-order valence-corrected chi connectivity index (χ2v) is 12.2. The number of carbonyl (C=O) groups is 2. The van der Waals surface area contributed by atoms with Crippen LogP contribution < -0.4 is 11.5 Å². The van der Waals surface area contributed by atoms with Gasteiger partial charge in [-0.15, -0.1) is 0 Å². The van der Waals surface area contributed by atoms with Crippen molar-refractivity contribution < 1.29 is 19.1 Å². The van der Waals surface area contributed by atoms with Crippen LogP contribution in [0.5, 0.6) is 0 Å². The van der Waals surface area contributed by atoms with Crippen molar-refractivity contribution in [1.29, 1.82) is 0 Å². The number of aryl methyl sites for hydroxylation is 2. The van der Waals surface area contributed by atoms with E-state index in [0.717, 1.165) is 89.9 Å². The monoisotopic (exact) mass is 562 g/mol. The van der Waals surface area contributed by atoms with E-state index in [0.29, 0.717) is 11.8 Å². The van der Waals surface area contributed by atoms with Gasteiger partial charge in [-0.25, -0.2) is 9.59 Å². The third-order valence-corrected chi connectivity index (χ3v) is 9.73. The zero-order valence-corrected chi connectivity index (χ0v) is 25.1. The van der Waals surface area contributed by atoms with Gasteiger partial charge in [0.15, 0.2) is 0 Å². The van der Waals surface area contributed by atoms with E-state index in [1.807, 2.05) is 0 Å². The van der Waals surface area contributed by atoms with E-state index in [4.69, 9.17) is 20.9 Å². The largest absolute Gasteiger partial charge is 0.446 e. The fourth-order valence-corrected chi connectivity index (χ4v) is 7.98. The minimum atomic E-state index is -0.678. The number of primary amides is 2. The Kier molecular flexibility index (Phi) is 11.1. The van der Waals surface area contributed by atoms with Crippen LogP contribution in [0.25, 0.3) is 0 Å². The number of rotatable bonds is 12. The Bertz CT molecular complexity index is 1040. The molecule has 4 rings (SSSR count). The third-order valence-electron chi connectivity index (χ3n) is 9.73. The van der Waals surface area contributed by atoms with Crippen molar-refractivity contribution >= 4 is 12.2 Å². The standard InChI is InChI=1S/C35H50N2O4/c1-3-5-11-25-13-7-9-15-31(25)35(27-17-21-29(22-18-27)40-33(36)38,28-19-23-30(24-20-28)41-34(37)39)32-16-10-8-14-26(32)12-6-4-2/h7-10,13-16,27-30H,3-6,11-12,17-24H2,1-2H3,(H2,36,38)(H2,37,39). The number of ether oxygens (including phenoxy) is 2. The first-order chi connectivity index (χ1) is 19.9. The molecule has 0 bridgehead atoms. The van der Waals surface area contributed by atoms with Crippen molar-refractivity contribution in [2.45, 2.75) is 121 Å². The molecule has 0 atom stereocenters. The van der Waals surface area contributed by atoms with Gasteiger partial charge in [0.05, 0.1) is 0 Å². The quantitative estimate of drug-likeness (QED) is 0.274. The molecule has 2 aliphatic rings. The molecule has 2 aliphatic carbocycles. The minimum Gasteiger partial charge on any atom is -0.446 e. The highest BCUT2D eigenvalue weighted by molar-refractivity contribution is 5.65. The summed E-state index contributed by atoms with van der Waals surface area (Å²) in [4.78, 5) is 23.2. The smallest absolute Gasteiger partial charge is 0.404 e. The molecule has 2 fully saturated rings. The summed E-state index contributed by atoms with van der Waals surface area (Å²) in [6.45, 7) is 4.52. The first kappa shape index (κ1) is 30.9. The number of amides is 2. The van der Waals surface area contributed by atoms with Crippen LogP contribution >= 0.6 is 0 Å². The summed E-state index contributed by atoms with van der Waals surface area (Å²) in [6.07, 6.45) is 12.3. The minimum absolute atomic E-state index is 0.119. The summed E-state index contributed by atoms with van der Waals surface area (Å²) in [5.74, 6) is 0.777. The van der Waals surface area contributed by atoms with E-state index in [1.165, 1.54) is 22.3 Å². The van der Waals surface area contributed by atoms with E-state index >= 15 is 0 Å². The molecule has 0 spiro atoms. The third kappa shape index (κ3) is 7.25. The van der Waals surface area contributed by atoms with Crippen molar-refractivity contribution in [2.24, 2.45) is 23.3 Å². The highest BCUT2D eigenvalue weighted by Crippen LogP contribution is 2.56. The molecule has 2 aromatic carbocycles. The van der Waals surface area contributed by atoms with E-state index in [9.17, 15) is 9.59 Å². The predicted molar refractivity (Wildman–Crippen MR) is 164 cm³/mol. The number of benzene rings is 2. The summed E-state index contributed by atoms with van der Waals surface area (Å²) in [7, 11) is 0. The zero-order chi connectivity index (χ0) is 29.2. The van der Waals surface area contributed by atoms with Crippen LogP contribution in [0.2, 0.25) is 0 Å². The van der Waals surface area contributed by atoms with Crippen molar-refractivity contribution in [3.8, 4) is 0 Å². The van der Waals surface area contributed by atoms with Gasteiger partial charge in [-0.2, -0.15) is 0 Å². The molecule has 6 heteroatoms.